The molecule has 2 heterocycles. The van der Waals surface area contributed by atoms with Gasteiger partial charge in [-0.25, -0.2) is 13.4 Å². The minimum absolute atomic E-state index is 0.00324. The normalized spacial score (nSPS) is 17.4. The molecule has 0 saturated carbocycles. The Balaban J connectivity index is 2.19. The number of rotatable bonds is 2. The van der Waals surface area contributed by atoms with Gasteiger partial charge in [0.05, 0.1) is 0 Å². The van der Waals surface area contributed by atoms with Gasteiger partial charge in [0.25, 0.3) is 0 Å². The zero-order valence-electron chi connectivity index (χ0n) is 10.6. The lowest BCUT2D eigenvalue weighted by atomic mass is 10.3. The third kappa shape index (κ3) is 2.69. The Morgan fingerprint density at radius 3 is 2.47 bits per heavy atom. The Morgan fingerprint density at radius 2 is 1.95 bits per heavy atom. The molecule has 104 valence electrons. The van der Waals surface area contributed by atoms with Gasteiger partial charge in [0.2, 0.25) is 15.9 Å². The summed E-state index contributed by atoms with van der Waals surface area (Å²) in [7, 11) is -3.63. The van der Waals surface area contributed by atoms with Crippen LogP contribution in [0.3, 0.4) is 0 Å². The lowest BCUT2D eigenvalue weighted by Crippen LogP contribution is -2.50. The smallest absolute Gasteiger partial charge is 0.246 e. The topological polar surface area (TPSA) is 96.6 Å². The predicted octanol–water partition coefficient (Wildman–Crippen LogP) is -0.483. The molecule has 1 aromatic heterocycles. The van der Waals surface area contributed by atoms with E-state index in [1.807, 2.05) is 0 Å². The molecule has 7 nitrogen and oxygen atoms in total. The number of hydrogen-bond donors (Lipinski definition) is 1. The molecule has 0 bridgehead atoms. The van der Waals surface area contributed by atoms with Crippen LogP contribution in [0.5, 0.6) is 0 Å². The third-order valence-corrected chi connectivity index (χ3v) is 5.05. The van der Waals surface area contributed by atoms with Crippen molar-refractivity contribution >= 4 is 21.7 Å². The molecule has 1 saturated heterocycles. The van der Waals surface area contributed by atoms with E-state index in [9.17, 15) is 13.2 Å². The van der Waals surface area contributed by atoms with Gasteiger partial charge >= 0.3 is 0 Å². The summed E-state index contributed by atoms with van der Waals surface area (Å²) in [6, 6.07) is 2.98. The highest BCUT2D eigenvalue weighted by molar-refractivity contribution is 7.89. The fourth-order valence-corrected chi connectivity index (χ4v) is 3.49. The van der Waals surface area contributed by atoms with E-state index < -0.39 is 10.0 Å². The summed E-state index contributed by atoms with van der Waals surface area (Å²) < 4.78 is 26.1. The first-order valence-electron chi connectivity index (χ1n) is 5.89. The summed E-state index contributed by atoms with van der Waals surface area (Å²) in [6.07, 6.45) is 1.45. The van der Waals surface area contributed by atoms with E-state index in [0.29, 0.717) is 13.1 Å². The maximum Gasteiger partial charge on any atom is 0.246 e. The second-order valence-corrected chi connectivity index (χ2v) is 6.20. The van der Waals surface area contributed by atoms with Gasteiger partial charge in [-0.3, -0.25) is 4.79 Å². The second-order valence-electron chi connectivity index (χ2n) is 4.30. The monoisotopic (exact) mass is 284 g/mol. The Bertz CT molecular complexity index is 579. The average Bonchev–Trinajstić information content (AvgIpc) is 2.39. The van der Waals surface area contributed by atoms with Crippen LogP contribution in [0.15, 0.2) is 23.2 Å². The maximum atomic E-state index is 12.4. The summed E-state index contributed by atoms with van der Waals surface area (Å²) in [5, 5.41) is 0. The minimum atomic E-state index is -3.63. The van der Waals surface area contributed by atoms with Crippen LogP contribution in [0.1, 0.15) is 6.92 Å². The number of carbonyl (C=O) groups excluding carboxylic acids is 1. The van der Waals surface area contributed by atoms with E-state index in [-0.39, 0.29) is 29.7 Å². The standard InChI is InChI=1S/C11H16N4O3S/c1-9(16)14-5-7-15(8-6-14)19(17,18)10-3-2-4-13-11(10)12/h2-4H,5-8H2,1H3,(H2,12,13). The predicted molar refractivity (Wildman–Crippen MR) is 69.7 cm³/mol. The molecule has 1 aliphatic heterocycles. The van der Waals surface area contributed by atoms with Gasteiger partial charge in [0.15, 0.2) is 0 Å². The number of pyridine rings is 1. The highest BCUT2D eigenvalue weighted by Crippen LogP contribution is 2.21. The van der Waals surface area contributed by atoms with Gasteiger partial charge in [-0.05, 0) is 12.1 Å². The molecular formula is C11H16N4O3S. The molecule has 19 heavy (non-hydrogen) atoms. The van der Waals surface area contributed by atoms with Gasteiger partial charge in [0.1, 0.15) is 10.7 Å². The fraction of sp³-hybridized carbons (Fsp3) is 0.455. The van der Waals surface area contributed by atoms with E-state index in [1.54, 1.807) is 4.90 Å². The highest BCUT2D eigenvalue weighted by Gasteiger charge is 2.30. The summed E-state index contributed by atoms with van der Waals surface area (Å²) >= 11 is 0. The van der Waals surface area contributed by atoms with E-state index in [2.05, 4.69) is 4.98 Å². The number of nitrogens with zero attached hydrogens (tertiary/aromatic N) is 3. The van der Waals surface area contributed by atoms with Crippen molar-refractivity contribution in [2.75, 3.05) is 31.9 Å². The zero-order valence-corrected chi connectivity index (χ0v) is 11.4. The van der Waals surface area contributed by atoms with E-state index in [4.69, 9.17) is 5.73 Å². The van der Waals surface area contributed by atoms with Gasteiger partial charge in [-0.15, -0.1) is 0 Å². The maximum absolute atomic E-state index is 12.4. The molecular weight excluding hydrogens is 268 g/mol. The van der Waals surface area contributed by atoms with Gasteiger partial charge in [0, 0.05) is 39.3 Å². The molecule has 0 unspecified atom stereocenters. The first-order valence-corrected chi connectivity index (χ1v) is 7.33. The van der Waals surface area contributed by atoms with Crippen molar-refractivity contribution < 1.29 is 13.2 Å². The highest BCUT2D eigenvalue weighted by atomic mass is 32.2. The Hall–Kier alpha value is -1.67. The number of sulfonamides is 1. The van der Waals surface area contributed by atoms with Crippen molar-refractivity contribution in [3.8, 4) is 0 Å². The molecule has 1 aromatic rings. The number of aromatic nitrogens is 1. The third-order valence-electron chi connectivity index (χ3n) is 3.10. The van der Waals surface area contributed by atoms with Crippen molar-refractivity contribution in [2.24, 2.45) is 0 Å². The van der Waals surface area contributed by atoms with Crippen LogP contribution in [-0.4, -0.2) is 54.7 Å². The largest absolute Gasteiger partial charge is 0.383 e. The quantitative estimate of drug-likeness (QED) is 0.791. The zero-order chi connectivity index (χ0) is 14.0. The van der Waals surface area contributed by atoms with Gasteiger partial charge in [-0.1, -0.05) is 0 Å². The summed E-state index contributed by atoms with van der Waals surface area (Å²) in [4.78, 5) is 16.6. The van der Waals surface area contributed by atoms with Crippen LogP contribution in [0.4, 0.5) is 5.82 Å². The molecule has 1 fully saturated rings. The molecule has 0 aliphatic carbocycles. The van der Waals surface area contributed by atoms with Crippen molar-refractivity contribution in [3.05, 3.63) is 18.3 Å². The lowest BCUT2D eigenvalue weighted by molar-refractivity contribution is -0.129. The van der Waals surface area contributed by atoms with Crippen molar-refractivity contribution in [2.45, 2.75) is 11.8 Å². The van der Waals surface area contributed by atoms with E-state index in [1.165, 1.54) is 29.6 Å². The van der Waals surface area contributed by atoms with Gasteiger partial charge < -0.3 is 10.6 Å². The molecule has 0 aromatic carbocycles. The number of nitrogens with two attached hydrogens (primary N) is 1. The van der Waals surface area contributed by atoms with Crippen molar-refractivity contribution in [1.29, 1.82) is 0 Å². The van der Waals surface area contributed by atoms with Crippen LogP contribution in [-0.2, 0) is 14.8 Å². The summed E-state index contributed by atoms with van der Waals surface area (Å²) in [5.41, 5.74) is 5.61. The van der Waals surface area contributed by atoms with Crippen LogP contribution in [0.2, 0.25) is 0 Å². The number of piperazine rings is 1. The molecule has 1 aliphatic rings. The molecule has 0 spiro atoms. The van der Waals surface area contributed by atoms with Crippen LogP contribution in [0, 0.1) is 0 Å². The fourth-order valence-electron chi connectivity index (χ4n) is 2.00. The van der Waals surface area contributed by atoms with Crippen LogP contribution in [0.25, 0.3) is 0 Å². The first-order chi connectivity index (χ1) is 8.93. The van der Waals surface area contributed by atoms with E-state index in [0.717, 1.165) is 0 Å². The van der Waals surface area contributed by atoms with E-state index >= 15 is 0 Å². The van der Waals surface area contributed by atoms with Crippen LogP contribution < -0.4 is 5.73 Å². The molecule has 2 N–H and O–H groups in total. The molecule has 0 atom stereocenters. The molecule has 0 radical (unpaired) electrons. The van der Waals surface area contributed by atoms with Crippen LogP contribution >= 0.6 is 0 Å². The number of nitrogen functional groups attached to an aromatic ring is 1. The number of hydrogen-bond acceptors (Lipinski definition) is 5. The SMILES string of the molecule is CC(=O)N1CCN(S(=O)(=O)c2cccnc2N)CC1. The Morgan fingerprint density at radius 1 is 1.32 bits per heavy atom. The average molecular weight is 284 g/mol. The Labute approximate surface area is 112 Å². The molecule has 1 amide bonds. The Kier molecular flexibility index (Phi) is 3.72. The van der Waals surface area contributed by atoms with Gasteiger partial charge in [-0.2, -0.15) is 4.31 Å². The molecule has 8 heteroatoms. The second kappa shape index (κ2) is 5.14. The number of amides is 1. The number of anilines is 1. The lowest BCUT2D eigenvalue weighted by Gasteiger charge is -2.33. The number of carbonyl (C=O) groups is 1. The summed E-state index contributed by atoms with van der Waals surface area (Å²) in [6.45, 7) is 2.82. The van der Waals surface area contributed by atoms with Crippen molar-refractivity contribution in [3.63, 3.8) is 0 Å². The minimum Gasteiger partial charge on any atom is -0.383 e. The molecule has 2 rings (SSSR count). The van der Waals surface area contributed by atoms with Crippen molar-refractivity contribution in [1.82, 2.24) is 14.2 Å². The first kappa shape index (κ1) is 13.8. The summed E-state index contributed by atoms with van der Waals surface area (Å²) in [5.74, 6) is -0.0468.